The molecule has 1 saturated heterocycles. The summed E-state index contributed by atoms with van der Waals surface area (Å²) in [7, 11) is 1.57. The van der Waals surface area contributed by atoms with Crippen molar-refractivity contribution in [3.05, 3.63) is 30.1 Å². The summed E-state index contributed by atoms with van der Waals surface area (Å²) in [5.41, 5.74) is 0.846. The van der Waals surface area contributed by atoms with Gasteiger partial charge in [-0.2, -0.15) is 0 Å². The molecule has 2 amide bonds. The lowest BCUT2D eigenvalue weighted by Crippen LogP contribution is -2.43. The molecule has 0 aromatic carbocycles. The van der Waals surface area contributed by atoms with E-state index >= 15 is 0 Å². The van der Waals surface area contributed by atoms with E-state index in [1.165, 1.54) is 16.7 Å². The third-order valence-corrected chi connectivity index (χ3v) is 4.37. The highest BCUT2D eigenvalue weighted by molar-refractivity contribution is 5.86. The van der Waals surface area contributed by atoms with Gasteiger partial charge in [-0.1, -0.05) is 6.07 Å². The van der Waals surface area contributed by atoms with E-state index in [0.717, 1.165) is 5.69 Å². The first kappa shape index (κ1) is 22.1. The Bertz CT molecular complexity index is 726. The first-order valence-corrected chi connectivity index (χ1v) is 9.25. The monoisotopic (exact) mass is 407 g/mol. The molecule has 2 heterocycles. The summed E-state index contributed by atoms with van der Waals surface area (Å²) in [6.07, 6.45) is 2.66. The number of hydrogen-bond donors (Lipinski definition) is 0. The molecule has 0 aliphatic carbocycles. The van der Waals surface area contributed by atoms with Crippen LogP contribution in [0.4, 0.5) is 4.79 Å². The van der Waals surface area contributed by atoms with Gasteiger partial charge >= 0.3 is 18.0 Å². The maximum absolute atomic E-state index is 12.2. The Morgan fingerprint density at radius 2 is 2.00 bits per heavy atom. The molecule has 29 heavy (non-hydrogen) atoms. The number of carbonyl (C=O) groups is 4. The fourth-order valence-corrected chi connectivity index (χ4v) is 2.82. The zero-order chi connectivity index (χ0) is 21.2. The van der Waals surface area contributed by atoms with E-state index in [-0.39, 0.29) is 0 Å². The molecular weight excluding hydrogens is 382 g/mol. The second-order valence-corrected chi connectivity index (χ2v) is 6.51. The fraction of sp³-hybridized carbons (Fsp3) is 0.526. The molecule has 1 aromatic heterocycles. The van der Waals surface area contributed by atoms with Gasteiger partial charge in [0.05, 0.1) is 0 Å². The van der Waals surface area contributed by atoms with Gasteiger partial charge in [0.25, 0.3) is 5.91 Å². The predicted molar refractivity (Wildman–Crippen MR) is 99.4 cm³/mol. The Hall–Kier alpha value is -3.17. The van der Waals surface area contributed by atoms with Crippen LogP contribution < -0.4 is 0 Å². The van der Waals surface area contributed by atoms with Gasteiger partial charge in [0.2, 0.25) is 6.79 Å². The van der Waals surface area contributed by atoms with E-state index < -0.39 is 43.4 Å². The van der Waals surface area contributed by atoms with Crippen molar-refractivity contribution in [3.63, 3.8) is 0 Å². The van der Waals surface area contributed by atoms with Crippen molar-refractivity contribution in [2.75, 3.05) is 33.5 Å². The van der Waals surface area contributed by atoms with Crippen molar-refractivity contribution in [3.8, 4) is 0 Å². The summed E-state index contributed by atoms with van der Waals surface area (Å²) in [5.74, 6) is -1.70. The van der Waals surface area contributed by atoms with Gasteiger partial charge in [-0.25, -0.2) is 9.59 Å². The molecule has 10 heteroatoms. The molecule has 0 radical (unpaired) electrons. The third-order valence-electron chi connectivity index (χ3n) is 4.37. The van der Waals surface area contributed by atoms with Crippen molar-refractivity contribution in [2.24, 2.45) is 0 Å². The SMILES string of the molecule is CC(=O)OCC(=O)N1CCC[C@@H]1C(=O)OCOC(=O)N(C)CCc1ccccn1. The van der Waals surface area contributed by atoms with Gasteiger partial charge in [0.1, 0.15) is 6.04 Å². The molecule has 0 spiro atoms. The third kappa shape index (κ3) is 7.05. The highest BCUT2D eigenvalue weighted by Crippen LogP contribution is 2.18. The van der Waals surface area contributed by atoms with E-state index in [0.29, 0.717) is 32.4 Å². The van der Waals surface area contributed by atoms with Crippen molar-refractivity contribution in [1.82, 2.24) is 14.8 Å². The van der Waals surface area contributed by atoms with Gasteiger partial charge in [-0.05, 0) is 25.0 Å². The Morgan fingerprint density at radius 3 is 2.69 bits per heavy atom. The van der Waals surface area contributed by atoms with Crippen LogP contribution in [0.5, 0.6) is 0 Å². The Kier molecular flexibility index (Phi) is 8.38. The van der Waals surface area contributed by atoms with Gasteiger partial charge in [0, 0.05) is 45.4 Å². The number of amides is 2. The fourth-order valence-electron chi connectivity index (χ4n) is 2.82. The van der Waals surface area contributed by atoms with E-state index in [2.05, 4.69) is 9.72 Å². The van der Waals surface area contributed by atoms with E-state index in [4.69, 9.17) is 9.47 Å². The number of rotatable bonds is 8. The van der Waals surface area contributed by atoms with Gasteiger partial charge in [0.15, 0.2) is 6.61 Å². The van der Waals surface area contributed by atoms with Crippen LogP contribution in [-0.2, 0) is 35.0 Å². The minimum atomic E-state index is -0.779. The molecule has 158 valence electrons. The molecule has 0 bridgehead atoms. The number of nitrogens with zero attached hydrogens (tertiary/aromatic N) is 3. The second-order valence-electron chi connectivity index (χ2n) is 6.51. The molecule has 1 aliphatic rings. The van der Waals surface area contributed by atoms with Crippen molar-refractivity contribution < 1.29 is 33.4 Å². The topological polar surface area (TPSA) is 115 Å². The molecule has 0 unspecified atom stereocenters. The Balaban J connectivity index is 1.71. The molecule has 0 saturated carbocycles. The minimum Gasteiger partial charge on any atom is -0.456 e. The zero-order valence-corrected chi connectivity index (χ0v) is 16.5. The maximum atomic E-state index is 12.2. The van der Waals surface area contributed by atoms with Crippen LogP contribution in [0.3, 0.4) is 0 Å². The predicted octanol–water partition coefficient (Wildman–Crippen LogP) is 0.747. The summed E-state index contributed by atoms with van der Waals surface area (Å²) < 4.78 is 14.6. The van der Waals surface area contributed by atoms with Crippen LogP contribution in [0, 0.1) is 0 Å². The van der Waals surface area contributed by atoms with Crippen LogP contribution >= 0.6 is 0 Å². The second kappa shape index (κ2) is 11.0. The Labute approximate surface area is 168 Å². The maximum Gasteiger partial charge on any atom is 0.412 e. The summed E-state index contributed by atoms with van der Waals surface area (Å²) in [5, 5.41) is 0. The van der Waals surface area contributed by atoms with Crippen LogP contribution in [0.15, 0.2) is 24.4 Å². The first-order valence-electron chi connectivity index (χ1n) is 9.25. The van der Waals surface area contributed by atoms with Crippen LogP contribution in [-0.4, -0.2) is 78.3 Å². The lowest BCUT2D eigenvalue weighted by atomic mass is 10.2. The number of aromatic nitrogens is 1. The molecule has 1 fully saturated rings. The van der Waals surface area contributed by atoms with Crippen molar-refractivity contribution in [1.29, 1.82) is 0 Å². The van der Waals surface area contributed by atoms with Crippen molar-refractivity contribution in [2.45, 2.75) is 32.2 Å². The van der Waals surface area contributed by atoms with E-state index in [1.807, 2.05) is 18.2 Å². The molecule has 0 N–H and O–H groups in total. The number of likely N-dealkylation sites (N-methyl/N-ethyl adjacent to an activating group) is 1. The number of hydrogen-bond acceptors (Lipinski definition) is 8. The minimum absolute atomic E-state index is 0.371. The highest BCUT2D eigenvalue weighted by Gasteiger charge is 2.35. The van der Waals surface area contributed by atoms with Gasteiger partial charge in [-0.15, -0.1) is 0 Å². The lowest BCUT2D eigenvalue weighted by molar-refractivity contribution is -0.162. The molecule has 1 aliphatic heterocycles. The Morgan fingerprint density at radius 1 is 1.21 bits per heavy atom. The summed E-state index contributed by atoms with van der Waals surface area (Å²) in [6, 6.07) is 4.75. The smallest absolute Gasteiger partial charge is 0.412 e. The molecule has 10 nitrogen and oxygen atoms in total. The molecule has 1 atom stereocenters. The van der Waals surface area contributed by atoms with Gasteiger partial charge in [-0.3, -0.25) is 14.6 Å². The normalized spacial score (nSPS) is 15.5. The largest absolute Gasteiger partial charge is 0.456 e. The van der Waals surface area contributed by atoms with Crippen LogP contribution in [0.2, 0.25) is 0 Å². The summed E-state index contributed by atoms with van der Waals surface area (Å²) in [6.45, 7) is 0.995. The summed E-state index contributed by atoms with van der Waals surface area (Å²) in [4.78, 5) is 53.9. The number of ether oxygens (including phenoxy) is 3. The average molecular weight is 407 g/mol. The zero-order valence-electron chi connectivity index (χ0n) is 16.5. The number of pyridine rings is 1. The standard InChI is InChI=1S/C19H25N3O7/c1-14(23)27-12-17(24)22-10-5-7-16(22)18(25)28-13-29-19(26)21(2)11-8-15-6-3-4-9-20-15/h3-4,6,9,16H,5,7-8,10-13H2,1-2H3/t16-/m1/s1. The average Bonchev–Trinajstić information content (AvgIpc) is 3.20. The van der Waals surface area contributed by atoms with Crippen LogP contribution in [0.1, 0.15) is 25.5 Å². The lowest BCUT2D eigenvalue weighted by Gasteiger charge is -2.23. The van der Waals surface area contributed by atoms with Crippen molar-refractivity contribution >= 4 is 23.9 Å². The number of likely N-dealkylation sites (tertiary alicyclic amines) is 1. The number of carbonyl (C=O) groups excluding carboxylic acids is 4. The summed E-state index contributed by atoms with van der Waals surface area (Å²) >= 11 is 0. The number of esters is 2. The molecule has 1 aromatic rings. The molecular formula is C19H25N3O7. The quantitative estimate of drug-likeness (QED) is 0.458. The van der Waals surface area contributed by atoms with E-state index in [9.17, 15) is 19.2 Å². The van der Waals surface area contributed by atoms with Gasteiger partial charge < -0.3 is 24.0 Å². The first-order chi connectivity index (χ1) is 13.9. The van der Waals surface area contributed by atoms with Crippen LogP contribution in [0.25, 0.3) is 0 Å². The molecule has 2 rings (SSSR count). The highest BCUT2D eigenvalue weighted by atomic mass is 16.7. The van der Waals surface area contributed by atoms with E-state index in [1.54, 1.807) is 13.2 Å².